The van der Waals surface area contributed by atoms with Gasteiger partial charge in [0.25, 0.3) is 5.91 Å². The number of rotatable bonds is 6. The number of anilines is 2. The molecule has 0 aromatic heterocycles. The summed E-state index contributed by atoms with van der Waals surface area (Å²) in [6.07, 6.45) is 2.04. The van der Waals surface area contributed by atoms with Crippen molar-refractivity contribution in [1.29, 1.82) is 0 Å². The van der Waals surface area contributed by atoms with Gasteiger partial charge in [0.1, 0.15) is 5.70 Å². The number of nitrogens with zero attached hydrogens (tertiary/aromatic N) is 1. The predicted molar refractivity (Wildman–Crippen MR) is 134 cm³/mol. The zero-order chi connectivity index (χ0) is 22.8. The first-order valence-corrected chi connectivity index (χ1v) is 11.4. The highest BCUT2D eigenvalue weighted by molar-refractivity contribution is 6.11. The van der Waals surface area contributed by atoms with Crippen molar-refractivity contribution in [2.45, 2.75) is 52.5 Å². The molecular weight excluding hydrogens is 392 g/mol. The lowest BCUT2D eigenvalue weighted by atomic mass is 10.0. The third kappa shape index (κ3) is 4.47. The standard InChI is InChI=1S/C29H32N2O/c1-19(2)22-10-14-25(15-11-22)30-27-18-28(24-8-6-21(5)7-9-24)31(29(27)32)26-16-12-23(13-17-26)20(3)4/h6-20,28,30H,1-5H3/t28-/m0/s1. The van der Waals surface area contributed by atoms with Gasteiger partial charge in [0.05, 0.1) is 6.04 Å². The molecule has 1 aliphatic rings. The molecule has 164 valence electrons. The van der Waals surface area contributed by atoms with Crippen molar-refractivity contribution in [2.24, 2.45) is 0 Å². The van der Waals surface area contributed by atoms with E-state index in [4.69, 9.17) is 0 Å². The van der Waals surface area contributed by atoms with Crippen molar-refractivity contribution in [2.75, 3.05) is 10.2 Å². The van der Waals surface area contributed by atoms with Gasteiger partial charge in [0, 0.05) is 11.4 Å². The summed E-state index contributed by atoms with van der Waals surface area (Å²) in [7, 11) is 0. The van der Waals surface area contributed by atoms with E-state index in [0.717, 1.165) is 16.9 Å². The number of amides is 1. The molecule has 32 heavy (non-hydrogen) atoms. The van der Waals surface area contributed by atoms with Crippen LogP contribution in [0.4, 0.5) is 11.4 Å². The van der Waals surface area contributed by atoms with Crippen LogP contribution in [0, 0.1) is 6.92 Å². The molecule has 1 heterocycles. The van der Waals surface area contributed by atoms with Crippen LogP contribution in [0.3, 0.4) is 0 Å². The molecule has 1 amide bonds. The summed E-state index contributed by atoms with van der Waals surface area (Å²) in [4.78, 5) is 15.4. The molecule has 0 unspecified atom stereocenters. The number of nitrogens with one attached hydrogen (secondary N) is 1. The van der Waals surface area contributed by atoms with Crippen LogP contribution in [0.25, 0.3) is 0 Å². The van der Waals surface area contributed by atoms with E-state index < -0.39 is 0 Å². The van der Waals surface area contributed by atoms with Crippen LogP contribution in [-0.4, -0.2) is 5.91 Å². The van der Waals surface area contributed by atoms with Gasteiger partial charge in [-0.3, -0.25) is 9.69 Å². The second-order valence-electron chi connectivity index (χ2n) is 9.26. The third-order valence-corrected chi connectivity index (χ3v) is 6.17. The number of carbonyl (C=O) groups excluding carboxylic acids is 1. The summed E-state index contributed by atoms with van der Waals surface area (Å²) in [5.74, 6) is 0.919. The SMILES string of the molecule is Cc1ccc([C@@H]2C=C(Nc3ccc(C(C)C)cc3)C(=O)N2c2ccc(C(C)C)cc2)cc1. The third-order valence-electron chi connectivity index (χ3n) is 6.17. The zero-order valence-corrected chi connectivity index (χ0v) is 19.6. The van der Waals surface area contributed by atoms with Crippen molar-refractivity contribution in [3.63, 3.8) is 0 Å². The zero-order valence-electron chi connectivity index (χ0n) is 19.6. The average molecular weight is 425 g/mol. The van der Waals surface area contributed by atoms with Gasteiger partial charge in [0.2, 0.25) is 0 Å². The van der Waals surface area contributed by atoms with E-state index in [9.17, 15) is 4.79 Å². The second-order valence-corrected chi connectivity index (χ2v) is 9.26. The molecule has 3 heteroatoms. The second kappa shape index (κ2) is 9.04. The number of hydrogen-bond acceptors (Lipinski definition) is 2. The predicted octanol–water partition coefficient (Wildman–Crippen LogP) is 7.33. The summed E-state index contributed by atoms with van der Waals surface area (Å²) in [6.45, 7) is 10.8. The van der Waals surface area contributed by atoms with Crippen LogP contribution in [0.1, 0.15) is 67.8 Å². The maximum Gasteiger partial charge on any atom is 0.275 e. The molecule has 0 saturated heterocycles. The van der Waals surface area contributed by atoms with E-state index >= 15 is 0 Å². The fourth-order valence-corrected chi connectivity index (χ4v) is 4.07. The number of benzene rings is 3. The van der Waals surface area contributed by atoms with Crippen LogP contribution < -0.4 is 10.2 Å². The molecule has 3 aromatic carbocycles. The van der Waals surface area contributed by atoms with E-state index in [-0.39, 0.29) is 11.9 Å². The van der Waals surface area contributed by atoms with Crippen molar-refractivity contribution in [3.05, 3.63) is 107 Å². The molecule has 1 atom stereocenters. The molecule has 0 bridgehead atoms. The van der Waals surface area contributed by atoms with Crippen LogP contribution >= 0.6 is 0 Å². The lowest BCUT2D eigenvalue weighted by Gasteiger charge is -2.26. The Morgan fingerprint density at radius 1 is 0.750 bits per heavy atom. The first-order valence-electron chi connectivity index (χ1n) is 11.4. The fourth-order valence-electron chi connectivity index (χ4n) is 4.07. The van der Waals surface area contributed by atoms with Gasteiger partial charge in [-0.1, -0.05) is 81.8 Å². The molecule has 0 aliphatic carbocycles. The Balaban J connectivity index is 1.67. The normalized spacial score (nSPS) is 16.1. The minimum Gasteiger partial charge on any atom is -0.351 e. The minimum absolute atomic E-state index is 0.0131. The summed E-state index contributed by atoms with van der Waals surface area (Å²) in [5, 5.41) is 3.37. The number of hydrogen-bond donors (Lipinski definition) is 1. The highest BCUT2D eigenvalue weighted by atomic mass is 16.2. The van der Waals surface area contributed by atoms with E-state index in [1.54, 1.807) is 0 Å². The first kappa shape index (κ1) is 21.9. The topological polar surface area (TPSA) is 32.3 Å². The van der Waals surface area contributed by atoms with E-state index in [0.29, 0.717) is 17.5 Å². The maximum atomic E-state index is 13.6. The molecule has 3 nitrogen and oxygen atoms in total. The monoisotopic (exact) mass is 424 g/mol. The van der Waals surface area contributed by atoms with E-state index in [2.05, 4.69) is 101 Å². The van der Waals surface area contributed by atoms with Gasteiger partial charge in [-0.2, -0.15) is 0 Å². The van der Waals surface area contributed by atoms with Gasteiger partial charge in [-0.25, -0.2) is 0 Å². The Labute approximate surface area is 191 Å². The molecule has 0 spiro atoms. The Morgan fingerprint density at radius 3 is 1.81 bits per heavy atom. The maximum absolute atomic E-state index is 13.6. The van der Waals surface area contributed by atoms with Gasteiger partial charge in [-0.15, -0.1) is 0 Å². The van der Waals surface area contributed by atoms with Crippen molar-refractivity contribution in [1.82, 2.24) is 0 Å². The molecule has 1 aliphatic heterocycles. The minimum atomic E-state index is -0.148. The molecule has 4 rings (SSSR count). The lowest BCUT2D eigenvalue weighted by Crippen LogP contribution is -2.30. The molecule has 1 N–H and O–H groups in total. The van der Waals surface area contributed by atoms with Crippen LogP contribution in [0.5, 0.6) is 0 Å². The largest absolute Gasteiger partial charge is 0.351 e. The molecule has 3 aromatic rings. The van der Waals surface area contributed by atoms with E-state index in [1.165, 1.54) is 16.7 Å². The Kier molecular flexibility index (Phi) is 6.18. The highest BCUT2D eigenvalue weighted by Crippen LogP contribution is 2.36. The summed E-state index contributed by atoms with van der Waals surface area (Å²) in [5.41, 5.74) is 7.31. The van der Waals surface area contributed by atoms with Crippen LogP contribution in [-0.2, 0) is 4.79 Å². The van der Waals surface area contributed by atoms with Gasteiger partial charge in [-0.05, 0) is 65.8 Å². The van der Waals surface area contributed by atoms with Crippen molar-refractivity contribution >= 4 is 17.3 Å². The smallest absolute Gasteiger partial charge is 0.275 e. The summed E-state index contributed by atoms with van der Waals surface area (Å²) >= 11 is 0. The van der Waals surface area contributed by atoms with Crippen LogP contribution in [0.2, 0.25) is 0 Å². The van der Waals surface area contributed by atoms with Crippen molar-refractivity contribution in [3.8, 4) is 0 Å². The summed E-state index contributed by atoms with van der Waals surface area (Å²) < 4.78 is 0. The van der Waals surface area contributed by atoms with Crippen molar-refractivity contribution < 1.29 is 4.79 Å². The van der Waals surface area contributed by atoms with Gasteiger partial charge < -0.3 is 5.32 Å². The molecule has 0 radical (unpaired) electrons. The molecule has 0 fully saturated rings. The molecule has 0 saturated carbocycles. The average Bonchev–Trinajstić information content (AvgIpc) is 3.10. The van der Waals surface area contributed by atoms with Crippen LogP contribution in [0.15, 0.2) is 84.6 Å². The van der Waals surface area contributed by atoms with Gasteiger partial charge >= 0.3 is 0 Å². The Hall–Kier alpha value is -3.33. The number of carbonyl (C=O) groups is 1. The quantitative estimate of drug-likeness (QED) is 0.449. The fraction of sp³-hybridized carbons (Fsp3) is 0.276. The number of aryl methyl sites for hydroxylation is 1. The lowest BCUT2D eigenvalue weighted by molar-refractivity contribution is -0.114. The Morgan fingerprint density at radius 2 is 1.28 bits per heavy atom. The van der Waals surface area contributed by atoms with Gasteiger partial charge in [0.15, 0.2) is 0 Å². The highest BCUT2D eigenvalue weighted by Gasteiger charge is 2.34. The van der Waals surface area contributed by atoms with E-state index in [1.807, 2.05) is 23.1 Å². The molecular formula is C29H32N2O. The first-order chi connectivity index (χ1) is 15.3. The Bertz CT molecular complexity index is 1110. The summed E-state index contributed by atoms with van der Waals surface area (Å²) in [6, 6.07) is 25.0.